The monoisotopic (exact) mass is 291 g/mol. The van der Waals surface area contributed by atoms with Crippen molar-refractivity contribution in [1.82, 2.24) is 9.78 Å². The predicted octanol–water partition coefficient (Wildman–Crippen LogP) is 3.36. The van der Waals surface area contributed by atoms with Crippen molar-refractivity contribution in [2.45, 2.75) is 70.4 Å². The van der Waals surface area contributed by atoms with Gasteiger partial charge in [0, 0.05) is 12.6 Å². The van der Waals surface area contributed by atoms with Gasteiger partial charge in [-0.15, -0.1) is 0 Å². The fourth-order valence-corrected chi connectivity index (χ4v) is 3.72. The summed E-state index contributed by atoms with van der Waals surface area (Å²) in [6.07, 6.45) is 15.6. The van der Waals surface area contributed by atoms with Gasteiger partial charge in [-0.25, -0.2) is 0 Å². The van der Waals surface area contributed by atoms with Gasteiger partial charge in [-0.1, -0.05) is 19.3 Å². The highest BCUT2D eigenvalue weighted by Crippen LogP contribution is 2.26. The Kier molecular flexibility index (Phi) is 5.17. The molecule has 0 atom stereocenters. The minimum atomic E-state index is 0.416. The number of hydrogen-bond donors (Lipinski definition) is 1. The first-order chi connectivity index (χ1) is 10.3. The number of hydrogen-bond acceptors (Lipinski definition) is 3. The Labute approximate surface area is 128 Å². The molecule has 1 aromatic heterocycles. The van der Waals surface area contributed by atoms with E-state index in [4.69, 9.17) is 10.5 Å². The average molecular weight is 291 g/mol. The molecule has 0 aliphatic heterocycles. The van der Waals surface area contributed by atoms with E-state index in [9.17, 15) is 0 Å². The van der Waals surface area contributed by atoms with Crippen molar-refractivity contribution >= 4 is 0 Å². The first kappa shape index (κ1) is 14.9. The van der Waals surface area contributed by atoms with E-state index in [1.807, 2.05) is 6.20 Å². The van der Waals surface area contributed by atoms with Crippen LogP contribution in [-0.2, 0) is 6.54 Å². The van der Waals surface area contributed by atoms with Gasteiger partial charge in [-0.05, 0) is 50.4 Å². The molecule has 0 saturated heterocycles. The highest BCUT2D eigenvalue weighted by Gasteiger charge is 2.19. The van der Waals surface area contributed by atoms with E-state index in [0.29, 0.717) is 12.0 Å². The summed E-state index contributed by atoms with van der Waals surface area (Å²) in [6, 6.07) is 0.416. The highest BCUT2D eigenvalue weighted by atomic mass is 16.5. The van der Waals surface area contributed by atoms with E-state index < -0.39 is 0 Å². The molecule has 2 aliphatic rings. The summed E-state index contributed by atoms with van der Waals surface area (Å²) in [7, 11) is 0. The van der Waals surface area contributed by atoms with Crippen LogP contribution in [0.2, 0.25) is 0 Å². The average Bonchev–Trinajstić information content (AvgIpc) is 2.95. The molecular formula is C17H29N3O. The summed E-state index contributed by atoms with van der Waals surface area (Å²) in [6.45, 7) is 1.88. The van der Waals surface area contributed by atoms with Crippen LogP contribution in [0.4, 0.5) is 0 Å². The number of rotatable bonds is 5. The third kappa shape index (κ3) is 4.47. The van der Waals surface area contributed by atoms with Crippen molar-refractivity contribution in [1.29, 1.82) is 0 Å². The molecule has 0 aromatic carbocycles. The largest absolute Gasteiger partial charge is 0.490 e. The molecule has 0 amide bonds. The van der Waals surface area contributed by atoms with Crippen LogP contribution in [-0.4, -0.2) is 22.4 Å². The van der Waals surface area contributed by atoms with Crippen LogP contribution in [0.5, 0.6) is 5.75 Å². The summed E-state index contributed by atoms with van der Waals surface area (Å²) in [5.74, 6) is 2.42. The van der Waals surface area contributed by atoms with Gasteiger partial charge in [-0.3, -0.25) is 4.68 Å². The maximum atomic E-state index is 5.94. The maximum absolute atomic E-state index is 5.94. The lowest BCUT2D eigenvalue weighted by Gasteiger charge is -2.25. The summed E-state index contributed by atoms with van der Waals surface area (Å²) in [5.41, 5.74) is 5.94. The van der Waals surface area contributed by atoms with Gasteiger partial charge in [0.15, 0.2) is 5.75 Å². The second-order valence-electron chi connectivity index (χ2n) is 6.99. The Balaban J connectivity index is 1.42. The Bertz CT molecular complexity index is 417. The van der Waals surface area contributed by atoms with Crippen LogP contribution in [0.15, 0.2) is 12.4 Å². The smallest absolute Gasteiger partial charge is 0.157 e. The molecule has 1 aromatic rings. The van der Waals surface area contributed by atoms with Crippen molar-refractivity contribution in [2.24, 2.45) is 17.6 Å². The lowest BCUT2D eigenvalue weighted by molar-refractivity contribution is 0.200. The van der Waals surface area contributed by atoms with Crippen LogP contribution < -0.4 is 10.5 Å². The lowest BCUT2D eigenvalue weighted by atomic mass is 9.87. The second kappa shape index (κ2) is 7.30. The summed E-state index contributed by atoms with van der Waals surface area (Å²) >= 11 is 0. The van der Waals surface area contributed by atoms with Crippen molar-refractivity contribution in [2.75, 3.05) is 6.61 Å². The van der Waals surface area contributed by atoms with E-state index in [1.54, 1.807) is 0 Å². The molecule has 2 fully saturated rings. The molecule has 2 aliphatic carbocycles. The zero-order valence-corrected chi connectivity index (χ0v) is 13.0. The van der Waals surface area contributed by atoms with Crippen LogP contribution in [0.3, 0.4) is 0 Å². The molecule has 21 heavy (non-hydrogen) atoms. The van der Waals surface area contributed by atoms with Crippen molar-refractivity contribution < 1.29 is 4.74 Å². The Morgan fingerprint density at radius 1 is 1.05 bits per heavy atom. The normalized spacial score (nSPS) is 27.7. The first-order valence-electron chi connectivity index (χ1n) is 8.70. The topological polar surface area (TPSA) is 53.1 Å². The molecule has 3 rings (SSSR count). The Morgan fingerprint density at radius 3 is 2.57 bits per heavy atom. The Hall–Kier alpha value is -1.03. The molecule has 1 heterocycles. The number of nitrogens with zero attached hydrogens (tertiary/aromatic N) is 2. The SMILES string of the molecule is NC1CCC(COc2cnn(CC3CCCCC3)c2)CC1. The van der Waals surface area contributed by atoms with Gasteiger partial charge in [-0.2, -0.15) is 5.10 Å². The summed E-state index contributed by atoms with van der Waals surface area (Å²) in [5, 5.41) is 4.46. The molecular weight excluding hydrogens is 262 g/mol. The minimum absolute atomic E-state index is 0.416. The molecule has 118 valence electrons. The van der Waals surface area contributed by atoms with Crippen LogP contribution in [0.25, 0.3) is 0 Å². The molecule has 2 N–H and O–H groups in total. The molecule has 0 bridgehead atoms. The van der Waals surface area contributed by atoms with Crippen LogP contribution in [0.1, 0.15) is 57.8 Å². The third-order valence-corrected chi connectivity index (χ3v) is 5.16. The van der Waals surface area contributed by atoms with Crippen molar-refractivity contribution in [3.63, 3.8) is 0 Å². The number of aromatic nitrogens is 2. The fourth-order valence-electron chi connectivity index (χ4n) is 3.72. The van der Waals surface area contributed by atoms with Crippen molar-refractivity contribution in [3.05, 3.63) is 12.4 Å². The Morgan fingerprint density at radius 2 is 1.81 bits per heavy atom. The lowest BCUT2D eigenvalue weighted by Crippen LogP contribution is -2.28. The van der Waals surface area contributed by atoms with E-state index in [2.05, 4.69) is 16.0 Å². The van der Waals surface area contributed by atoms with Gasteiger partial charge < -0.3 is 10.5 Å². The van der Waals surface area contributed by atoms with Gasteiger partial charge in [0.2, 0.25) is 0 Å². The van der Waals surface area contributed by atoms with E-state index in [1.165, 1.54) is 44.9 Å². The molecule has 0 unspecified atom stereocenters. The third-order valence-electron chi connectivity index (χ3n) is 5.16. The highest BCUT2D eigenvalue weighted by molar-refractivity contribution is 5.11. The molecule has 0 spiro atoms. The van der Waals surface area contributed by atoms with Gasteiger partial charge >= 0.3 is 0 Å². The quantitative estimate of drug-likeness (QED) is 0.905. The zero-order valence-electron chi connectivity index (χ0n) is 13.0. The van der Waals surface area contributed by atoms with Gasteiger partial charge in [0.1, 0.15) is 0 Å². The molecule has 4 heteroatoms. The van der Waals surface area contributed by atoms with Crippen molar-refractivity contribution in [3.8, 4) is 5.75 Å². The minimum Gasteiger partial charge on any atom is -0.490 e. The summed E-state index contributed by atoms with van der Waals surface area (Å²) < 4.78 is 8.00. The standard InChI is InChI=1S/C17H29N3O/c18-16-8-6-15(7-9-16)13-21-17-10-19-20(12-17)11-14-4-2-1-3-5-14/h10,12,14-16H,1-9,11,13,18H2. The van der Waals surface area contributed by atoms with E-state index >= 15 is 0 Å². The predicted molar refractivity (Wildman–Crippen MR) is 84.2 cm³/mol. The van der Waals surface area contributed by atoms with E-state index in [0.717, 1.165) is 37.7 Å². The number of ether oxygens (including phenoxy) is 1. The van der Waals surface area contributed by atoms with E-state index in [-0.39, 0.29) is 0 Å². The maximum Gasteiger partial charge on any atom is 0.157 e. The second-order valence-corrected chi connectivity index (χ2v) is 6.99. The fraction of sp³-hybridized carbons (Fsp3) is 0.824. The van der Waals surface area contributed by atoms with Gasteiger partial charge in [0.05, 0.1) is 19.0 Å². The molecule has 4 nitrogen and oxygen atoms in total. The molecule has 0 radical (unpaired) electrons. The zero-order chi connectivity index (χ0) is 14.5. The van der Waals surface area contributed by atoms with Crippen LogP contribution >= 0.6 is 0 Å². The summed E-state index contributed by atoms with van der Waals surface area (Å²) in [4.78, 5) is 0. The first-order valence-corrected chi connectivity index (χ1v) is 8.70. The number of nitrogens with two attached hydrogens (primary N) is 1. The van der Waals surface area contributed by atoms with Crippen LogP contribution in [0, 0.1) is 11.8 Å². The van der Waals surface area contributed by atoms with Gasteiger partial charge in [0.25, 0.3) is 0 Å². The molecule has 2 saturated carbocycles.